The summed E-state index contributed by atoms with van der Waals surface area (Å²) in [5, 5.41) is 4.06. The number of carbonyl (C=O) groups excluding carboxylic acids is 2. The van der Waals surface area contributed by atoms with Crippen LogP contribution in [0.3, 0.4) is 0 Å². The Balaban J connectivity index is 1.74. The smallest absolute Gasteiger partial charge is 0.359 e. The summed E-state index contributed by atoms with van der Waals surface area (Å²) < 4.78 is 114. The van der Waals surface area contributed by atoms with E-state index >= 15 is 0 Å². The van der Waals surface area contributed by atoms with Gasteiger partial charge in [0, 0.05) is 29.8 Å². The molecule has 2 aromatic heterocycles. The van der Waals surface area contributed by atoms with Gasteiger partial charge < -0.3 is 15.5 Å². The lowest BCUT2D eigenvalue weighted by Crippen LogP contribution is -2.50. The molecule has 222 valence electrons. The molecule has 0 bridgehead atoms. The van der Waals surface area contributed by atoms with Crippen molar-refractivity contribution in [1.29, 1.82) is 0 Å². The van der Waals surface area contributed by atoms with Crippen LogP contribution in [0.25, 0.3) is 10.4 Å². The molecular formula is C22H24F7N5O4S2. The van der Waals surface area contributed by atoms with Gasteiger partial charge in [0.25, 0.3) is 24.2 Å². The fourth-order valence-corrected chi connectivity index (χ4v) is 6.66. The predicted molar refractivity (Wildman–Crippen MR) is 133 cm³/mol. The lowest BCUT2D eigenvalue weighted by Gasteiger charge is -2.46. The Kier molecular flexibility index (Phi) is 8.03. The Morgan fingerprint density at radius 3 is 2.42 bits per heavy atom. The van der Waals surface area contributed by atoms with Gasteiger partial charge in [-0.2, -0.15) is 23.8 Å². The van der Waals surface area contributed by atoms with Crippen molar-refractivity contribution in [2.45, 2.75) is 56.9 Å². The highest BCUT2D eigenvalue weighted by Gasteiger charge is 2.46. The molecule has 4 rings (SSSR count). The molecule has 0 aromatic carbocycles. The number of hydrogen-bond acceptors (Lipinski definition) is 8. The Hall–Kier alpha value is -2.70. The van der Waals surface area contributed by atoms with Crippen molar-refractivity contribution >= 4 is 39.6 Å². The van der Waals surface area contributed by atoms with Crippen LogP contribution in [-0.2, 0) is 0 Å². The maximum absolute atomic E-state index is 14.1. The molecule has 0 radical (unpaired) electrons. The van der Waals surface area contributed by atoms with Gasteiger partial charge >= 0.3 is 6.18 Å². The van der Waals surface area contributed by atoms with E-state index in [1.165, 1.54) is 6.92 Å². The normalized spacial score (nSPS) is 22.1. The Labute approximate surface area is 228 Å². The van der Waals surface area contributed by atoms with Gasteiger partial charge in [0.05, 0.1) is 29.0 Å². The van der Waals surface area contributed by atoms with Gasteiger partial charge in [-0.05, 0) is 19.9 Å². The van der Waals surface area contributed by atoms with Crippen molar-refractivity contribution in [1.82, 2.24) is 20.2 Å². The second-order valence-corrected chi connectivity index (χ2v) is 13.0. The zero-order chi connectivity index (χ0) is 29.8. The van der Waals surface area contributed by atoms with Crippen molar-refractivity contribution in [3.05, 3.63) is 28.5 Å². The number of anilines is 1. The van der Waals surface area contributed by atoms with E-state index in [0.29, 0.717) is 17.4 Å². The van der Waals surface area contributed by atoms with E-state index in [1.807, 2.05) is 5.32 Å². The first kappa shape index (κ1) is 30.3. The molecule has 2 aromatic rings. The molecule has 18 heteroatoms. The molecule has 0 unspecified atom stereocenters. The quantitative estimate of drug-likeness (QED) is 0.312. The molecule has 2 aliphatic heterocycles. The second-order valence-electron chi connectivity index (χ2n) is 9.71. The SMILES string of the molecule is C[C@H](Nc1cc(C(F)F)c(-c2sc(C(=O)NC3CS(O)(O)C3)nc2C(=O)N2CC(F)(F)C[C@@H]2C)cn1)C(F)(F)F. The molecule has 40 heavy (non-hydrogen) atoms. The van der Waals surface area contributed by atoms with E-state index < -0.39 is 99.7 Å². The molecule has 0 saturated carbocycles. The summed E-state index contributed by atoms with van der Waals surface area (Å²) in [6.45, 7) is 1.15. The lowest BCUT2D eigenvalue weighted by atomic mass is 10.1. The zero-order valence-corrected chi connectivity index (χ0v) is 22.4. The number of halogens is 7. The highest BCUT2D eigenvalue weighted by molar-refractivity contribution is 8.25. The van der Waals surface area contributed by atoms with Crippen molar-refractivity contribution in [2.75, 3.05) is 23.4 Å². The minimum atomic E-state index is -4.70. The van der Waals surface area contributed by atoms with E-state index in [2.05, 4.69) is 15.3 Å². The van der Waals surface area contributed by atoms with E-state index in [-0.39, 0.29) is 16.4 Å². The number of nitrogens with one attached hydrogen (secondary N) is 2. The fraction of sp³-hybridized carbons (Fsp3) is 0.545. The van der Waals surface area contributed by atoms with Gasteiger partial charge in [-0.1, -0.05) is 0 Å². The molecule has 4 heterocycles. The Bertz CT molecular complexity index is 1300. The summed E-state index contributed by atoms with van der Waals surface area (Å²) in [5.41, 5.74) is -1.83. The number of alkyl halides is 7. The number of pyridine rings is 1. The molecule has 2 fully saturated rings. The molecule has 2 saturated heterocycles. The van der Waals surface area contributed by atoms with Crippen LogP contribution in [0, 0.1) is 0 Å². The van der Waals surface area contributed by atoms with Crippen LogP contribution < -0.4 is 10.6 Å². The molecule has 9 nitrogen and oxygen atoms in total. The first-order chi connectivity index (χ1) is 18.4. The maximum atomic E-state index is 14.1. The zero-order valence-electron chi connectivity index (χ0n) is 20.8. The number of aromatic nitrogens is 2. The molecule has 2 aliphatic rings. The van der Waals surface area contributed by atoms with Crippen LogP contribution in [0.5, 0.6) is 0 Å². The van der Waals surface area contributed by atoms with Crippen LogP contribution in [0.4, 0.5) is 36.6 Å². The molecule has 2 atom stereocenters. The van der Waals surface area contributed by atoms with Crippen molar-refractivity contribution in [3.8, 4) is 10.4 Å². The van der Waals surface area contributed by atoms with Gasteiger partial charge in [0.2, 0.25) is 0 Å². The fourth-order valence-electron chi connectivity index (χ4n) is 4.31. The van der Waals surface area contributed by atoms with Crippen LogP contribution in [0.15, 0.2) is 12.3 Å². The van der Waals surface area contributed by atoms with Gasteiger partial charge in [0.1, 0.15) is 17.6 Å². The van der Waals surface area contributed by atoms with E-state index in [4.69, 9.17) is 0 Å². The van der Waals surface area contributed by atoms with E-state index in [1.54, 1.807) is 0 Å². The highest BCUT2D eigenvalue weighted by atomic mass is 32.3. The minimum Gasteiger partial charge on any atom is -0.359 e. The summed E-state index contributed by atoms with van der Waals surface area (Å²) in [6.07, 6.45) is -7.83. The van der Waals surface area contributed by atoms with Gasteiger partial charge in [0.15, 0.2) is 5.01 Å². The summed E-state index contributed by atoms with van der Waals surface area (Å²) in [7, 11) is -2.81. The first-order valence-corrected chi connectivity index (χ1v) is 14.4. The number of likely N-dealkylation sites (tertiary alicyclic amines) is 1. The number of hydrogen-bond donors (Lipinski definition) is 4. The van der Waals surface area contributed by atoms with Gasteiger partial charge in [-0.3, -0.25) is 18.7 Å². The molecule has 0 spiro atoms. The lowest BCUT2D eigenvalue weighted by molar-refractivity contribution is -0.138. The summed E-state index contributed by atoms with van der Waals surface area (Å²) in [6, 6.07) is -3.03. The predicted octanol–water partition coefficient (Wildman–Crippen LogP) is 5.24. The number of thiazole rings is 1. The third-order valence-electron chi connectivity index (χ3n) is 6.36. The molecular weight excluding hydrogens is 595 g/mol. The highest BCUT2D eigenvalue weighted by Crippen LogP contribution is 2.48. The summed E-state index contributed by atoms with van der Waals surface area (Å²) in [4.78, 5) is 34.4. The van der Waals surface area contributed by atoms with Crippen LogP contribution in [-0.4, -0.2) is 84.1 Å². The van der Waals surface area contributed by atoms with Crippen molar-refractivity contribution in [3.63, 3.8) is 0 Å². The van der Waals surface area contributed by atoms with Gasteiger partial charge in [-0.25, -0.2) is 27.5 Å². The minimum absolute atomic E-state index is 0.118. The van der Waals surface area contributed by atoms with Crippen molar-refractivity contribution < 1.29 is 49.4 Å². The molecule has 2 amide bonds. The first-order valence-electron chi connectivity index (χ1n) is 11.7. The molecule has 0 aliphatic carbocycles. The second kappa shape index (κ2) is 10.6. The number of amides is 2. The third-order valence-corrected chi connectivity index (χ3v) is 9.31. The number of nitrogens with zero attached hydrogens (tertiary/aromatic N) is 3. The van der Waals surface area contributed by atoms with E-state index in [0.717, 1.165) is 18.0 Å². The number of rotatable bonds is 7. The Morgan fingerprint density at radius 1 is 1.25 bits per heavy atom. The van der Waals surface area contributed by atoms with Crippen molar-refractivity contribution in [2.24, 2.45) is 0 Å². The van der Waals surface area contributed by atoms with Crippen LogP contribution in [0.2, 0.25) is 0 Å². The average molecular weight is 620 g/mol. The average Bonchev–Trinajstić information content (AvgIpc) is 3.36. The Morgan fingerprint density at radius 2 is 1.90 bits per heavy atom. The van der Waals surface area contributed by atoms with Crippen LogP contribution in [0.1, 0.15) is 52.5 Å². The van der Waals surface area contributed by atoms with Crippen LogP contribution >= 0.6 is 21.9 Å². The molecule has 4 N–H and O–H groups in total. The standard InChI is InChI=1S/C22H24F7N5O4S2/c1-9-4-21(25,26)8-34(9)20(36)15-16(39-19(33-15)18(35)32-11-6-40(37,38)7-11)13-5-30-14(3-12(13)17(23)24)31-10(2)22(27,28)29/h3,5,9-11,17,37-38H,4,6-8H2,1-2H3,(H,30,31)(H,32,35)/t9-,10-/m0/s1. The van der Waals surface area contributed by atoms with Gasteiger partial charge in [-0.15, -0.1) is 11.3 Å². The maximum Gasteiger partial charge on any atom is 0.408 e. The number of carbonyl (C=O) groups is 2. The third kappa shape index (κ3) is 6.44. The summed E-state index contributed by atoms with van der Waals surface area (Å²) in [5.74, 6) is -5.90. The van der Waals surface area contributed by atoms with E-state index in [9.17, 15) is 49.4 Å². The largest absolute Gasteiger partial charge is 0.408 e. The summed E-state index contributed by atoms with van der Waals surface area (Å²) >= 11 is 0.491. The monoisotopic (exact) mass is 619 g/mol. The topological polar surface area (TPSA) is 128 Å².